The molecule has 3 N–H and O–H groups in total. The Labute approximate surface area is 113 Å². The van der Waals surface area contributed by atoms with E-state index in [1.807, 2.05) is 38.1 Å². The van der Waals surface area contributed by atoms with Gasteiger partial charge < -0.3 is 15.8 Å². The normalized spacial score (nSPS) is 13.1. The number of amidine groups is 1. The molecule has 0 spiro atoms. The number of carbonyl (C=O) groups is 1. The molecule has 0 saturated carbocycles. The molecule has 1 amide bonds. The van der Waals surface area contributed by atoms with Gasteiger partial charge in [0.15, 0.2) is 0 Å². The quantitative estimate of drug-likeness (QED) is 0.364. The van der Waals surface area contributed by atoms with Gasteiger partial charge >= 0.3 is 0 Å². The van der Waals surface area contributed by atoms with Crippen molar-refractivity contribution >= 4 is 11.7 Å². The Kier molecular flexibility index (Phi) is 5.36. The molecule has 1 aromatic carbocycles. The average molecular weight is 263 g/mol. The summed E-state index contributed by atoms with van der Waals surface area (Å²) in [5.74, 6) is -0.0187. The fourth-order valence-electron chi connectivity index (χ4n) is 1.84. The molecule has 1 atom stereocenters. The third-order valence-corrected chi connectivity index (χ3v) is 3.03. The first kappa shape index (κ1) is 15.0. The molecular weight excluding hydrogens is 242 g/mol. The van der Waals surface area contributed by atoms with Crippen LogP contribution in [0, 0.1) is 12.8 Å². The van der Waals surface area contributed by atoms with Crippen LogP contribution in [0.25, 0.3) is 0 Å². The average Bonchev–Trinajstić information content (AvgIpc) is 2.37. The van der Waals surface area contributed by atoms with E-state index < -0.39 is 0 Å². The number of nitrogens with two attached hydrogens (primary N) is 1. The second kappa shape index (κ2) is 6.78. The highest BCUT2D eigenvalue weighted by molar-refractivity contribution is 5.83. The monoisotopic (exact) mass is 263 g/mol. The van der Waals surface area contributed by atoms with Gasteiger partial charge in [-0.25, -0.2) is 0 Å². The lowest BCUT2D eigenvalue weighted by molar-refractivity contribution is -0.129. The lowest BCUT2D eigenvalue weighted by Gasteiger charge is -2.21. The SMILES string of the molecule is Cc1cccc(CC(=O)N(C)CC(C)C(N)=NO)c1. The molecule has 5 heteroatoms. The van der Waals surface area contributed by atoms with Crippen LogP contribution in [0.1, 0.15) is 18.1 Å². The number of hydrogen-bond donors (Lipinski definition) is 2. The van der Waals surface area contributed by atoms with Gasteiger partial charge in [-0.15, -0.1) is 0 Å². The van der Waals surface area contributed by atoms with E-state index in [2.05, 4.69) is 5.16 Å². The fraction of sp³-hybridized carbons (Fsp3) is 0.429. The van der Waals surface area contributed by atoms with Crippen LogP contribution in [-0.4, -0.2) is 35.4 Å². The minimum absolute atomic E-state index is 0.0168. The molecule has 0 saturated heterocycles. The van der Waals surface area contributed by atoms with Crippen molar-refractivity contribution in [1.82, 2.24) is 4.90 Å². The summed E-state index contributed by atoms with van der Waals surface area (Å²) in [6.45, 7) is 4.24. The predicted octanol–water partition coefficient (Wildman–Crippen LogP) is 1.38. The summed E-state index contributed by atoms with van der Waals surface area (Å²) in [6.07, 6.45) is 0.362. The fourth-order valence-corrected chi connectivity index (χ4v) is 1.84. The van der Waals surface area contributed by atoms with Gasteiger partial charge in [0.2, 0.25) is 5.91 Å². The van der Waals surface area contributed by atoms with Crippen LogP contribution in [0.15, 0.2) is 29.4 Å². The predicted molar refractivity (Wildman–Crippen MR) is 75.1 cm³/mol. The number of hydrogen-bond acceptors (Lipinski definition) is 3. The first-order valence-corrected chi connectivity index (χ1v) is 6.21. The number of benzene rings is 1. The van der Waals surface area contributed by atoms with E-state index in [0.29, 0.717) is 13.0 Å². The number of oxime groups is 1. The standard InChI is InChI=1S/C14H21N3O2/c1-10-5-4-6-12(7-10)8-13(18)17(3)9-11(2)14(15)16-19/h4-7,11,19H,8-9H2,1-3H3,(H2,15,16). The van der Waals surface area contributed by atoms with Crippen LogP contribution >= 0.6 is 0 Å². The highest BCUT2D eigenvalue weighted by Gasteiger charge is 2.15. The molecular formula is C14H21N3O2. The molecule has 0 aliphatic carbocycles. The van der Waals surface area contributed by atoms with E-state index in [1.165, 1.54) is 0 Å². The van der Waals surface area contributed by atoms with Crippen molar-refractivity contribution in [3.63, 3.8) is 0 Å². The van der Waals surface area contributed by atoms with Crippen LogP contribution in [0.5, 0.6) is 0 Å². The zero-order valence-corrected chi connectivity index (χ0v) is 11.6. The second-order valence-electron chi connectivity index (χ2n) is 4.87. The second-order valence-corrected chi connectivity index (χ2v) is 4.87. The zero-order chi connectivity index (χ0) is 14.4. The third kappa shape index (κ3) is 4.62. The van der Waals surface area contributed by atoms with Crippen LogP contribution in [-0.2, 0) is 11.2 Å². The van der Waals surface area contributed by atoms with Crippen molar-refractivity contribution in [2.75, 3.05) is 13.6 Å². The van der Waals surface area contributed by atoms with Crippen molar-refractivity contribution in [2.24, 2.45) is 16.8 Å². The molecule has 5 nitrogen and oxygen atoms in total. The lowest BCUT2D eigenvalue weighted by Crippen LogP contribution is -2.37. The molecule has 0 heterocycles. The topological polar surface area (TPSA) is 78.9 Å². The first-order valence-electron chi connectivity index (χ1n) is 6.21. The van der Waals surface area contributed by atoms with Crippen molar-refractivity contribution in [1.29, 1.82) is 0 Å². The van der Waals surface area contributed by atoms with E-state index in [4.69, 9.17) is 10.9 Å². The number of likely N-dealkylation sites (N-methyl/N-ethyl adjacent to an activating group) is 1. The van der Waals surface area contributed by atoms with E-state index >= 15 is 0 Å². The first-order chi connectivity index (χ1) is 8.93. The van der Waals surface area contributed by atoms with Crippen LogP contribution in [0.3, 0.4) is 0 Å². The number of aryl methyl sites for hydroxylation is 1. The number of rotatable bonds is 5. The lowest BCUT2D eigenvalue weighted by atomic mass is 10.1. The van der Waals surface area contributed by atoms with Gasteiger partial charge in [0.05, 0.1) is 6.42 Å². The maximum atomic E-state index is 12.1. The molecule has 1 rings (SSSR count). The van der Waals surface area contributed by atoms with Gasteiger partial charge in [-0.2, -0.15) is 0 Å². The van der Waals surface area contributed by atoms with Gasteiger partial charge in [0, 0.05) is 19.5 Å². The minimum Gasteiger partial charge on any atom is -0.409 e. The Balaban J connectivity index is 2.58. The highest BCUT2D eigenvalue weighted by atomic mass is 16.4. The molecule has 0 radical (unpaired) electrons. The van der Waals surface area contributed by atoms with Gasteiger partial charge in [-0.1, -0.05) is 41.9 Å². The molecule has 0 bridgehead atoms. The van der Waals surface area contributed by atoms with Gasteiger partial charge in [0.25, 0.3) is 0 Å². The smallest absolute Gasteiger partial charge is 0.226 e. The number of nitrogens with zero attached hydrogens (tertiary/aromatic N) is 2. The Morgan fingerprint density at radius 1 is 1.53 bits per heavy atom. The molecule has 0 aliphatic rings. The molecule has 0 aromatic heterocycles. The Bertz CT molecular complexity index is 472. The summed E-state index contributed by atoms with van der Waals surface area (Å²) in [5.41, 5.74) is 7.63. The van der Waals surface area contributed by atoms with Gasteiger partial charge in [-0.05, 0) is 12.5 Å². The van der Waals surface area contributed by atoms with E-state index in [1.54, 1.807) is 11.9 Å². The molecule has 1 unspecified atom stereocenters. The largest absolute Gasteiger partial charge is 0.409 e. The van der Waals surface area contributed by atoms with Gasteiger partial charge in [0.1, 0.15) is 5.84 Å². The summed E-state index contributed by atoms with van der Waals surface area (Å²) in [5, 5.41) is 11.5. The maximum absolute atomic E-state index is 12.1. The molecule has 0 aliphatic heterocycles. The highest BCUT2D eigenvalue weighted by Crippen LogP contribution is 2.07. The third-order valence-electron chi connectivity index (χ3n) is 3.03. The summed E-state index contributed by atoms with van der Waals surface area (Å²) in [4.78, 5) is 13.7. The van der Waals surface area contributed by atoms with Crippen LogP contribution in [0.4, 0.5) is 0 Å². The summed E-state index contributed by atoms with van der Waals surface area (Å²) < 4.78 is 0. The van der Waals surface area contributed by atoms with E-state index in [-0.39, 0.29) is 17.7 Å². The number of amides is 1. The maximum Gasteiger partial charge on any atom is 0.226 e. The molecule has 0 fully saturated rings. The van der Waals surface area contributed by atoms with Crippen molar-refractivity contribution in [3.05, 3.63) is 35.4 Å². The molecule has 1 aromatic rings. The summed E-state index contributed by atoms with van der Waals surface area (Å²) in [7, 11) is 1.72. The van der Waals surface area contributed by atoms with Crippen molar-refractivity contribution < 1.29 is 10.0 Å². The van der Waals surface area contributed by atoms with E-state index in [0.717, 1.165) is 11.1 Å². The number of carbonyl (C=O) groups excluding carboxylic acids is 1. The van der Waals surface area contributed by atoms with E-state index in [9.17, 15) is 4.79 Å². The van der Waals surface area contributed by atoms with Crippen molar-refractivity contribution in [3.8, 4) is 0 Å². The van der Waals surface area contributed by atoms with Crippen LogP contribution in [0.2, 0.25) is 0 Å². The van der Waals surface area contributed by atoms with Gasteiger partial charge in [-0.3, -0.25) is 4.79 Å². The van der Waals surface area contributed by atoms with Crippen molar-refractivity contribution in [2.45, 2.75) is 20.3 Å². The zero-order valence-electron chi connectivity index (χ0n) is 11.6. The molecule has 104 valence electrons. The minimum atomic E-state index is -0.170. The molecule has 19 heavy (non-hydrogen) atoms. The summed E-state index contributed by atoms with van der Waals surface area (Å²) >= 11 is 0. The summed E-state index contributed by atoms with van der Waals surface area (Å²) in [6, 6.07) is 7.87. The van der Waals surface area contributed by atoms with Crippen LogP contribution < -0.4 is 5.73 Å². The Hall–Kier alpha value is -2.04. The Morgan fingerprint density at radius 3 is 2.79 bits per heavy atom. The Morgan fingerprint density at radius 2 is 2.21 bits per heavy atom.